The average Bonchev–Trinajstić information content (AvgIpc) is 4.16. The summed E-state index contributed by atoms with van der Waals surface area (Å²) in [4.78, 5) is 69.8. The number of rotatable bonds is 12. The molecule has 12 heteroatoms. The summed E-state index contributed by atoms with van der Waals surface area (Å²) >= 11 is 0. The Balaban J connectivity index is 0.919. The number of hydrogen-bond acceptors (Lipinski definition) is 10. The maximum Gasteiger partial charge on any atom is 0.251 e. The van der Waals surface area contributed by atoms with Crippen molar-refractivity contribution >= 4 is 35.0 Å². The summed E-state index contributed by atoms with van der Waals surface area (Å²) in [7, 11) is 0. The number of imide groups is 2. The maximum absolute atomic E-state index is 14.6. The Labute approximate surface area is 373 Å². The third-order valence-electron chi connectivity index (χ3n) is 15.1. The van der Waals surface area contributed by atoms with E-state index >= 15 is 0 Å². The van der Waals surface area contributed by atoms with E-state index in [2.05, 4.69) is 25.4 Å². The maximum atomic E-state index is 14.6. The van der Waals surface area contributed by atoms with Gasteiger partial charge in [0.05, 0.1) is 41.7 Å². The normalized spacial score (nSPS) is 25.5. The second-order valence-electron chi connectivity index (χ2n) is 19.5. The lowest BCUT2D eigenvalue weighted by atomic mass is 9.87. The highest BCUT2D eigenvalue weighted by molar-refractivity contribution is 6.19. The van der Waals surface area contributed by atoms with Crippen molar-refractivity contribution in [3.05, 3.63) is 54.7 Å². The molecule has 0 radical (unpaired) electrons. The molecule has 9 rings (SSSR count). The first-order valence-electron chi connectivity index (χ1n) is 24.8. The summed E-state index contributed by atoms with van der Waals surface area (Å²) in [5, 5.41) is 6.68. The SMILES string of the molecule is O=C(C1CCCN1)N(C(=O)C1CCCCN1CC1CCCCC1)c1ccc(-c2cnc(-c3ccc(N(C(=O)[C@@H]4CCCN4)C(=O)[C@@H]4CCCCN4CC4CCCCC4)cc3)o2)cc1. The molecule has 2 N–H and O–H groups in total. The molecule has 2 aliphatic carbocycles. The van der Waals surface area contributed by atoms with E-state index in [0.29, 0.717) is 34.9 Å². The van der Waals surface area contributed by atoms with Gasteiger partial charge in [-0.3, -0.25) is 29.0 Å². The Morgan fingerprint density at radius 1 is 0.524 bits per heavy atom. The smallest absolute Gasteiger partial charge is 0.251 e. The Morgan fingerprint density at radius 2 is 0.968 bits per heavy atom. The first-order chi connectivity index (χ1) is 30.9. The molecule has 12 nitrogen and oxygen atoms in total. The minimum Gasteiger partial charge on any atom is -0.436 e. The van der Waals surface area contributed by atoms with Gasteiger partial charge in [-0.2, -0.15) is 0 Å². The Kier molecular flexibility index (Phi) is 14.5. The molecule has 5 heterocycles. The molecule has 338 valence electrons. The van der Waals surface area contributed by atoms with Gasteiger partial charge in [-0.15, -0.1) is 0 Å². The standard InChI is InChI=1S/C51H69N7O5/c59-48(42-17-11-29-52-42)57(50(61)44-19-7-9-31-55(44)34-36-13-3-1-4-14-36)40-25-21-38(22-26-40)46-33-54-47(63-46)39-23-27-41(28-24-39)58(49(60)43-18-12-30-53-43)51(62)45-20-8-10-32-56(45)35-37-15-5-2-6-16-37/h21-28,33,36-37,42-45,52-53H,1-20,29-32,34-35H2/t42?,43-,44?,45-/m0/s1. The number of amides is 4. The van der Waals surface area contributed by atoms with Gasteiger partial charge < -0.3 is 15.1 Å². The third kappa shape index (κ3) is 10.2. The topological polar surface area (TPSA) is 131 Å². The van der Waals surface area contributed by atoms with E-state index in [0.717, 1.165) is 115 Å². The fraction of sp³-hybridized carbons (Fsp3) is 0.627. The summed E-state index contributed by atoms with van der Waals surface area (Å²) in [6.07, 6.45) is 23.2. The van der Waals surface area contributed by atoms with Gasteiger partial charge in [0.2, 0.25) is 5.89 Å². The molecule has 2 saturated carbocycles. The number of nitrogens with zero attached hydrogens (tertiary/aromatic N) is 5. The fourth-order valence-electron chi connectivity index (χ4n) is 11.6. The molecule has 1 aromatic heterocycles. The van der Waals surface area contributed by atoms with Crippen molar-refractivity contribution in [1.29, 1.82) is 0 Å². The zero-order valence-corrected chi connectivity index (χ0v) is 37.3. The van der Waals surface area contributed by atoms with Crippen molar-refractivity contribution in [2.24, 2.45) is 11.8 Å². The van der Waals surface area contributed by atoms with Crippen LogP contribution in [-0.4, -0.2) is 102 Å². The van der Waals surface area contributed by atoms with Crippen LogP contribution in [0.25, 0.3) is 22.8 Å². The molecule has 4 atom stereocenters. The van der Waals surface area contributed by atoms with Gasteiger partial charge in [0.25, 0.3) is 23.6 Å². The summed E-state index contributed by atoms with van der Waals surface area (Å²) in [5.74, 6) is 1.64. The van der Waals surface area contributed by atoms with Crippen molar-refractivity contribution in [1.82, 2.24) is 25.4 Å². The average molecular weight is 860 g/mol. The number of aromatic nitrogens is 1. The predicted octanol–water partition coefficient (Wildman–Crippen LogP) is 8.10. The van der Waals surface area contributed by atoms with Gasteiger partial charge in [0, 0.05) is 24.2 Å². The fourth-order valence-corrected chi connectivity index (χ4v) is 11.6. The molecule has 6 fully saturated rings. The van der Waals surface area contributed by atoms with Crippen LogP contribution in [0, 0.1) is 11.8 Å². The van der Waals surface area contributed by atoms with Crippen molar-refractivity contribution in [3.8, 4) is 22.8 Å². The predicted molar refractivity (Wildman–Crippen MR) is 246 cm³/mol. The minimum absolute atomic E-state index is 0.112. The molecule has 63 heavy (non-hydrogen) atoms. The van der Waals surface area contributed by atoms with E-state index in [-0.39, 0.29) is 47.8 Å². The molecule has 0 spiro atoms. The van der Waals surface area contributed by atoms with Crippen LogP contribution in [0.5, 0.6) is 0 Å². The highest BCUT2D eigenvalue weighted by atomic mass is 16.4. The summed E-state index contributed by atoms with van der Waals surface area (Å²) in [5.41, 5.74) is 2.66. The van der Waals surface area contributed by atoms with Crippen LogP contribution < -0.4 is 20.4 Å². The molecule has 4 aliphatic heterocycles. The number of hydrogen-bond donors (Lipinski definition) is 2. The summed E-state index contributed by atoms with van der Waals surface area (Å²) in [6.45, 7) is 5.21. The lowest BCUT2D eigenvalue weighted by Gasteiger charge is -2.40. The largest absolute Gasteiger partial charge is 0.436 e. The monoisotopic (exact) mass is 860 g/mol. The van der Waals surface area contributed by atoms with E-state index in [1.165, 1.54) is 74.0 Å². The minimum atomic E-state index is -0.374. The molecular formula is C51H69N7O5. The Hall–Kier alpha value is -4.23. The van der Waals surface area contributed by atoms with Crippen molar-refractivity contribution in [2.75, 3.05) is 49.1 Å². The molecule has 3 aromatic rings. The number of nitrogens with one attached hydrogen (secondary N) is 2. The zero-order chi connectivity index (χ0) is 43.1. The number of benzene rings is 2. The highest BCUT2D eigenvalue weighted by Crippen LogP contribution is 2.34. The highest BCUT2D eigenvalue weighted by Gasteiger charge is 2.41. The van der Waals surface area contributed by atoms with Crippen LogP contribution >= 0.6 is 0 Å². The Bertz CT molecular complexity index is 1870. The van der Waals surface area contributed by atoms with Gasteiger partial charge in [-0.25, -0.2) is 14.8 Å². The van der Waals surface area contributed by atoms with Gasteiger partial charge in [-0.1, -0.05) is 51.4 Å². The number of carbonyl (C=O) groups excluding carboxylic acids is 4. The Morgan fingerprint density at radius 3 is 1.41 bits per heavy atom. The number of oxazole rings is 1. The number of piperidine rings is 2. The van der Waals surface area contributed by atoms with Gasteiger partial charge >= 0.3 is 0 Å². The number of likely N-dealkylation sites (tertiary alicyclic amines) is 2. The second kappa shape index (κ2) is 20.7. The lowest BCUT2D eigenvalue weighted by molar-refractivity contribution is -0.133. The summed E-state index contributed by atoms with van der Waals surface area (Å²) in [6, 6.07) is 13.6. The van der Waals surface area contributed by atoms with Crippen molar-refractivity contribution < 1.29 is 23.6 Å². The lowest BCUT2D eigenvalue weighted by Crippen LogP contribution is -2.56. The first-order valence-corrected chi connectivity index (χ1v) is 24.8. The van der Waals surface area contributed by atoms with Crippen LogP contribution in [0.15, 0.2) is 59.1 Å². The summed E-state index contributed by atoms with van der Waals surface area (Å²) < 4.78 is 6.33. The van der Waals surface area contributed by atoms with Crippen molar-refractivity contribution in [3.63, 3.8) is 0 Å². The van der Waals surface area contributed by atoms with Crippen LogP contribution in [0.4, 0.5) is 11.4 Å². The molecule has 6 aliphatic rings. The van der Waals surface area contributed by atoms with E-state index in [1.807, 2.05) is 48.5 Å². The molecule has 2 aromatic carbocycles. The van der Waals surface area contributed by atoms with Crippen LogP contribution in [0.2, 0.25) is 0 Å². The van der Waals surface area contributed by atoms with Crippen LogP contribution in [0.1, 0.15) is 128 Å². The van der Waals surface area contributed by atoms with Crippen LogP contribution in [-0.2, 0) is 19.2 Å². The quantitative estimate of drug-likeness (QED) is 0.172. The van der Waals surface area contributed by atoms with E-state index in [1.54, 1.807) is 6.20 Å². The number of anilines is 2. The van der Waals surface area contributed by atoms with E-state index in [9.17, 15) is 19.2 Å². The molecular weight excluding hydrogens is 791 g/mol. The third-order valence-corrected chi connectivity index (χ3v) is 15.1. The van der Waals surface area contributed by atoms with Gasteiger partial charge in [-0.05, 0) is 164 Å². The molecule has 4 saturated heterocycles. The number of carbonyl (C=O) groups is 4. The molecule has 0 bridgehead atoms. The molecule has 4 amide bonds. The first kappa shape index (κ1) is 44.0. The van der Waals surface area contributed by atoms with Gasteiger partial charge in [0.15, 0.2) is 5.76 Å². The van der Waals surface area contributed by atoms with E-state index < -0.39 is 0 Å². The zero-order valence-electron chi connectivity index (χ0n) is 37.3. The van der Waals surface area contributed by atoms with Crippen LogP contribution in [0.3, 0.4) is 0 Å². The van der Waals surface area contributed by atoms with Gasteiger partial charge in [0.1, 0.15) is 0 Å². The van der Waals surface area contributed by atoms with Crippen molar-refractivity contribution in [2.45, 2.75) is 153 Å². The molecule has 2 unspecified atom stereocenters. The second-order valence-corrected chi connectivity index (χ2v) is 19.5. The van der Waals surface area contributed by atoms with E-state index in [4.69, 9.17) is 4.42 Å².